The average Bonchev–Trinajstić information content (AvgIpc) is 2.89. The number of halogens is 1. The van der Waals surface area contributed by atoms with Crippen LogP contribution in [-0.4, -0.2) is 37.3 Å². The molecule has 0 aliphatic heterocycles. The van der Waals surface area contributed by atoms with E-state index in [0.717, 1.165) is 13.0 Å². The maximum Gasteiger partial charge on any atom is 0.407 e. The van der Waals surface area contributed by atoms with Gasteiger partial charge in [0.25, 0.3) is 0 Å². The third-order valence-electron chi connectivity index (χ3n) is 2.54. The number of hydrogen-bond acceptors (Lipinski definition) is 4. The molecule has 1 aromatic rings. The lowest BCUT2D eigenvalue weighted by atomic mass is 10.2. The summed E-state index contributed by atoms with van der Waals surface area (Å²) >= 11 is 1.73. The molecule has 0 bridgehead atoms. The molecule has 0 unspecified atom stereocenters. The van der Waals surface area contributed by atoms with E-state index < -0.39 is 11.7 Å². The van der Waals surface area contributed by atoms with Crippen LogP contribution in [0.1, 0.15) is 32.1 Å². The van der Waals surface area contributed by atoms with Crippen LogP contribution < -0.4 is 16.4 Å². The minimum atomic E-state index is -0.473. The molecule has 1 amide bonds. The highest BCUT2D eigenvalue weighted by atomic mass is 127. The SMILES string of the molecule is CC(C)(C)OC(=O)NCCCN=C(N)NCCc1cccs1.I. The molecular formula is C15H27IN4O2S. The van der Waals surface area contributed by atoms with E-state index in [1.807, 2.05) is 26.8 Å². The van der Waals surface area contributed by atoms with Crippen molar-refractivity contribution in [1.29, 1.82) is 0 Å². The molecule has 132 valence electrons. The van der Waals surface area contributed by atoms with Crippen molar-refractivity contribution < 1.29 is 9.53 Å². The van der Waals surface area contributed by atoms with Crippen LogP contribution in [0, 0.1) is 0 Å². The molecule has 6 nitrogen and oxygen atoms in total. The van der Waals surface area contributed by atoms with E-state index in [-0.39, 0.29) is 24.0 Å². The molecular weight excluding hydrogens is 427 g/mol. The van der Waals surface area contributed by atoms with Gasteiger partial charge in [0.15, 0.2) is 5.96 Å². The normalized spacial score (nSPS) is 11.5. The number of thiophene rings is 1. The zero-order valence-electron chi connectivity index (χ0n) is 13.9. The van der Waals surface area contributed by atoms with Gasteiger partial charge in [-0.15, -0.1) is 35.3 Å². The lowest BCUT2D eigenvalue weighted by Crippen LogP contribution is -2.34. The predicted octanol–water partition coefficient (Wildman–Crippen LogP) is 2.73. The van der Waals surface area contributed by atoms with E-state index in [1.54, 1.807) is 11.3 Å². The van der Waals surface area contributed by atoms with E-state index in [4.69, 9.17) is 10.5 Å². The van der Waals surface area contributed by atoms with Gasteiger partial charge in [-0.25, -0.2) is 4.79 Å². The molecule has 8 heteroatoms. The molecule has 0 radical (unpaired) electrons. The minimum absolute atomic E-state index is 0. The zero-order valence-corrected chi connectivity index (χ0v) is 17.1. The summed E-state index contributed by atoms with van der Waals surface area (Å²) in [6.45, 7) is 7.35. The molecule has 23 heavy (non-hydrogen) atoms. The van der Waals surface area contributed by atoms with Crippen LogP contribution >= 0.6 is 35.3 Å². The van der Waals surface area contributed by atoms with Crippen molar-refractivity contribution in [3.05, 3.63) is 22.4 Å². The summed E-state index contributed by atoms with van der Waals surface area (Å²) in [6.07, 6.45) is 1.25. The third kappa shape index (κ3) is 12.1. The summed E-state index contributed by atoms with van der Waals surface area (Å²) in [4.78, 5) is 16.9. The number of amides is 1. The molecule has 0 aromatic carbocycles. The van der Waals surface area contributed by atoms with Crippen molar-refractivity contribution in [2.45, 2.75) is 39.2 Å². The largest absolute Gasteiger partial charge is 0.444 e. The van der Waals surface area contributed by atoms with E-state index in [9.17, 15) is 4.79 Å². The van der Waals surface area contributed by atoms with E-state index >= 15 is 0 Å². The Morgan fingerprint density at radius 1 is 1.35 bits per heavy atom. The number of hydrogen-bond donors (Lipinski definition) is 3. The highest BCUT2D eigenvalue weighted by Crippen LogP contribution is 2.08. The molecule has 0 aliphatic rings. The molecule has 0 saturated heterocycles. The van der Waals surface area contributed by atoms with E-state index in [0.29, 0.717) is 25.5 Å². The van der Waals surface area contributed by atoms with Crippen molar-refractivity contribution in [3.63, 3.8) is 0 Å². The fourth-order valence-electron chi connectivity index (χ4n) is 1.61. The van der Waals surface area contributed by atoms with Crippen molar-refractivity contribution in [3.8, 4) is 0 Å². The second-order valence-corrected chi connectivity index (χ2v) is 6.84. The highest BCUT2D eigenvalue weighted by Gasteiger charge is 2.15. The Hall–Kier alpha value is -1.03. The Balaban J connectivity index is 0.00000484. The van der Waals surface area contributed by atoms with Crippen molar-refractivity contribution in [1.82, 2.24) is 10.6 Å². The number of alkyl carbamates (subject to hydrolysis) is 1. The second kappa shape index (κ2) is 11.5. The molecule has 0 fully saturated rings. The van der Waals surface area contributed by atoms with Gasteiger partial charge in [-0.2, -0.15) is 0 Å². The smallest absolute Gasteiger partial charge is 0.407 e. The fourth-order valence-corrected chi connectivity index (χ4v) is 2.32. The Labute approximate surface area is 159 Å². The quantitative estimate of drug-likeness (QED) is 0.256. The predicted molar refractivity (Wildman–Crippen MR) is 107 cm³/mol. The fraction of sp³-hybridized carbons (Fsp3) is 0.600. The number of nitrogens with two attached hydrogens (primary N) is 1. The van der Waals surface area contributed by atoms with Crippen LogP contribution in [0.5, 0.6) is 0 Å². The van der Waals surface area contributed by atoms with Gasteiger partial charge in [0.1, 0.15) is 5.60 Å². The summed E-state index contributed by atoms with van der Waals surface area (Å²) in [5.74, 6) is 0.439. The summed E-state index contributed by atoms with van der Waals surface area (Å²) in [7, 11) is 0. The number of nitrogens with zero attached hydrogens (tertiary/aromatic N) is 1. The molecule has 0 spiro atoms. The summed E-state index contributed by atoms with van der Waals surface area (Å²) < 4.78 is 5.13. The van der Waals surface area contributed by atoms with Crippen molar-refractivity contribution >= 4 is 47.4 Å². The van der Waals surface area contributed by atoms with E-state index in [2.05, 4.69) is 27.1 Å². The number of aliphatic imine (C=N–C) groups is 1. The summed E-state index contributed by atoms with van der Waals surface area (Å²) in [6, 6.07) is 4.14. The van der Waals surface area contributed by atoms with Crippen LogP contribution in [0.25, 0.3) is 0 Å². The van der Waals surface area contributed by atoms with Gasteiger partial charge in [-0.05, 0) is 45.1 Å². The second-order valence-electron chi connectivity index (χ2n) is 5.81. The number of nitrogens with one attached hydrogen (secondary N) is 2. The molecule has 0 atom stereocenters. The molecule has 1 heterocycles. The maximum absolute atomic E-state index is 11.4. The molecule has 0 aliphatic carbocycles. The number of carbonyl (C=O) groups excluding carboxylic acids is 1. The van der Waals surface area contributed by atoms with Gasteiger partial charge in [0, 0.05) is 24.5 Å². The first-order chi connectivity index (χ1) is 10.4. The first-order valence-electron chi connectivity index (χ1n) is 7.40. The lowest BCUT2D eigenvalue weighted by Gasteiger charge is -2.19. The molecule has 1 rings (SSSR count). The summed E-state index contributed by atoms with van der Waals surface area (Å²) in [5.41, 5.74) is 5.30. The van der Waals surface area contributed by atoms with Crippen molar-refractivity contribution in [2.75, 3.05) is 19.6 Å². The van der Waals surface area contributed by atoms with E-state index in [1.165, 1.54) is 4.88 Å². The first kappa shape index (κ1) is 22.0. The third-order valence-corrected chi connectivity index (χ3v) is 3.48. The average molecular weight is 454 g/mol. The zero-order chi connectivity index (χ0) is 16.4. The van der Waals surface area contributed by atoms with Crippen molar-refractivity contribution in [2.24, 2.45) is 10.7 Å². The van der Waals surface area contributed by atoms with Crippen LogP contribution in [0.4, 0.5) is 4.79 Å². The number of ether oxygens (including phenoxy) is 1. The first-order valence-corrected chi connectivity index (χ1v) is 8.28. The standard InChI is InChI=1S/C15H26N4O2S.HI/c1-15(2,3)21-14(20)19-9-5-8-17-13(16)18-10-7-12-6-4-11-22-12;/h4,6,11H,5,7-10H2,1-3H3,(H,19,20)(H3,16,17,18);1H. The molecule has 4 N–H and O–H groups in total. The Morgan fingerprint density at radius 2 is 2.09 bits per heavy atom. The van der Waals surface area contributed by atoms with Crippen LogP contribution in [0.2, 0.25) is 0 Å². The van der Waals surface area contributed by atoms with Gasteiger partial charge in [0.2, 0.25) is 0 Å². The Kier molecular flexibility index (Phi) is 11.0. The number of carbonyl (C=O) groups is 1. The van der Waals surface area contributed by atoms with Gasteiger partial charge >= 0.3 is 6.09 Å². The minimum Gasteiger partial charge on any atom is -0.444 e. The molecule has 1 aromatic heterocycles. The summed E-state index contributed by atoms with van der Waals surface area (Å²) in [5, 5.41) is 7.82. The molecule has 0 saturated carbocycles. The van der Waals surface area contributed by atoms with Crippen LogP contribution in [0.15, 0.2) is 22.5 Å². The van der Waals surface area contributed by atoms with Gasteiger partial charge < -0.3 is 21.1 Å². The monoisotopic (exact) mass is 454 g/mol. The maximum atomic E-state index is 11.4. The van der Waals surface area contributed by atoms with Crippen LogP contribution in [0.3, 0.4) is 0 Å². The lowest BCUT2D eigenvalue weighted by molar-refractivity contribution is 0.0527. The Bertz CT molecular complexity index is 472. The van der Waals surface area contributed by atoms with Gasteiger partial charge in [0.05, 0.1) is 0 Å². The number of rotatable bonds is 7. The van der Waals surface area contributed by atoms with Crippen LogP contribution in [-0.2, 0) is 11.2 Å². The highest BCUT2D eigenvalue weighted by molar-refractivity contribution is 14.0. The van der Waals surface area contributed by atoms with Gasteiger partial charge in [-0.3, -0.25) is 4.99 Å². The Morgan fingerprint density at radius 3 is 2.70 bits per heavy atom. The number of guanidine groups is 1. The van der Waals surface area contributed by atoms with Gasteiger partial charge in [-0.1, -0.05) is 6.07 Å². The topological polar surface area (TPSA) is 88.7 Å².